The highest BCUT2D eigenvalue weighted by Crippen LogP contribution is 2.24. The maximum absolute atomic E-state index is 12.3. The van der Waals surface area contributed by atoms with Gasteiger partial charge in [-0.2, -0.15) is 0 Å². The maximum Gasteiger partial charge on any atom is 0.255 e. The van der Waals surface area contributed by atoms with Crippen LogP contribution < -0.4 is 0 Å². The molecule has 0 saturated carbocycles. The Labute approximate surface area is 133 Å². The van der Waals surface area contributed by atoms with Crippen molar-refractivity contribution in [3.8, 4) is 11.3 Å². The van der Waals surface area contributed by atoms with E-state index < -0.39 is 0 Å². The molecule has 0 unspecified atom stereocenters. The Morgan fingerprint density at radius 2 is 1.91 bits per heavy atom. The van der Waals surface area contributed by atoms with Gasteiger partial charge in [-0.15, -0.1) is 5.10 Å². The number of carbonyl (C=O) groups is 1. The van der Waals surface area contributed by atoms with Crippen LogP contribution in [-0.4, -0.2) is 43.9 Å². The van der Waals surface area contributed by atoms with E-state index in [-0.39, 0.29) is 11.9 Å². The third-order valence-electron chi connectivity index (χ3n) is 4.01. The second-order valence-corrected chi connectivity index (χ2v) is 5.56. The standard InChI is InChI=1S/C17H15N5O/c23-17(14-7-4-8-18-9-14)21-10-15(11-21)22-12-16(19-20-22)13-5-2-1-3-6-13/h1-9,12,15H,10-11H2. The van der Waals surface area contributed by atoms with Gasteiger partial charge in [0.1, 0.15) is 5.69 Å². The van der Waals surface area contributed by atoms with Gasteiger partial charge in [0, 0.05) is 31.0 Å². The fraction of sp³-hybridized carbons (Fsp3) is 0.176. The van der Waals surface area contributed by atoms with Gasteiger partial charge >= 0.3 is 0 Å². The minimum Gasteiger partial charge on any atom is -0.334 e. The van der Waals surface area contributed by atoms with Crippen LogP contribution in [0.25, 0.3) is 11.3 Å². The van der Waals surface area contributed by atoms with Crippen molar-refractivity contribution in [2.45, 2.75) is 6.04 Å². The van der Waals surface area contributed by atoms with Crippen LogP contribution in [0.1, 0.15) is 16.4 Å². The largest absolute Gasteiger partial charge is 0.334 e. The van der Waals surface area contributed by atoms with Crippen LogP contribution in [0.5, 0.6) is 0 Å². The van der Waals surface area contributed by atoms with Crippen LogP contribution in [0.3, 0.4) is 0 Å². The topological polar surface area (TPSA) is 63.9 Å². The summed E-state index contributed by atoms with van der Waals surface area (Å²) in [5.74, 6) is 0.0118. The van der Waals surface area contributed by atoms with Gasteiger partial charge in [-0.3, -0.25) is 9.78 Å². The molecule has 4 rings (SSSR count). The molecule has 0 spiro atoms. The summed E-state index contributed by atoms with van der Waals surface area (Å²) in [5, 5.41) is 8.41. The first kappa shape index (κ1) is 13.6. The molecule has 0 atom stereocenters. The number of carbonyl (C=O) groups excluding carboxylic acids is 1. The Balaban J connectivity index is 1.43. The van der Waals surface area contributed by atoms with Crippen LogP contribution in [0.4, 0.5) is 0 Å². The second kappa shape index (κ2) is 5.64. The molecule has 3 heterocycles. The molecule has 0 aliphatic carbocycles. The average molecular weight is 305 g/mol. The zero-order valence-electron chi connectivity index (χ0n) is 12.4. The van der Waals surface area contributed by atoms with Crippen LogP contribution >= 0.6 is 0 Å². The third kappa shape index (κ3) is 2.59. The number of pyridine rings is 1. The van der Waals surface area contributed by atoms with Gasteiger partial charge in [-0.05, 0) is 12.1 Å². The first-order valence-corrected chi connectivity index (χ1v) is 7.48. The molecule has 6 nitrogen and oxygen atoms in total. The first-order valence-electron chi connectivity index (χ1n) is 7.48. The van der Waals surface area contributed by atoms with Gasteiger partial charge in [0.25, 0.3) is 5.91 Å². The fourth-order valence-electron chi connectivity index (χ4n) is 2.66. The number of amides is 1. The molecular weight excluding hydrogens is 290 g/mol. The highest BCUT2D eigenvalue weighted by molar-refractivity contribution is 5.94. The van der Waals surface area contributed by atoms with Crippen molar-refractivity contribution in [3.63, 3.8) is 0 Å². The molecule has 23 heavy (non-hydrogen) atoms. The average Bonchev–Trinajstić information content (AvgIpc) is 3.05. The Morgan fingerprint density at radius 3 is 2.65 bits per heavy atom. The van der Waals surface area contributed by atoms with Gasteiger partial charge < -0.3 is 4.90 Å². The summed E-state index contributed by atoms with van der Waals surface area (Å²) >= 11 is 0. The van der Waals surface area contributed by atoms with Crippen molar-refractivity contribution in [2.24, 2.45) is 0 Å². The van der Waals surface area contributed by atoms with E-state index in [1.807, 2.05) is 41.2 Å². The predicted octanol–water partition coefficient (Wildman–Crippen LogP) is 2.04. The fourth-order valence-corrected chi connectivity index (χ4v) is 2.66. The van der Waals surface area contributed by atoms with E-state index in [4.69, 9.17) is 0 Å². The van der Waals surface area contributed by atoms with Crippen LogP contribution in [0, 0.1) is 0 Å². The summed E-state index contributed by atoms with van der Waals surface area (Å²) in [4.78, 5) is 18.1. The molecule has 1 aliphatic heterocycles. The lowest BCUT2D eigenvalue weighted by atomic mass is 10.1. The molecule has 1 amide bonds. The number of rotatable bonds is 3. The molecule has 1 fully saturated rings. The van der Waals surface area contributed by atoms with Crippen molar-refractivity contribution in [1.29, 1.82) is 0 Å². The smallest absolute Gasteiger partial charge is 0.255 e. The van der Waals surface area contributed by atoms with E-state index in [2.05, 4.69) is 15.3 Å². The Morgan fingerprint density at radius 1 is 1.09 bits per heavy atom. The molecular formula is C17H15N5O. The second-order valence-electron chi connectivity index (χ2n) is 5.56. The van der Waals surface area contributed by atoms with E-state index in [1.54, 1.807) is 29.4 Å². The van der Waals surface area contributed by atoms with Crippen LogP contribution in [-0.2, 0) is 0 Å². The molecule has 2 aromatic heterocycles. The molecule has 0 N–H and O–H groups in total. The summed E-state index contributed by atoms with van der Waals surface area (Å²) in [6.07, 6.45) is 5.20. The summed E-state index contributed by atoms with van der Waals surface area (Å²) in [6, 6.07) is 13.7. The normalized spacial score (nSPS) is 14.5. The molecule has 0 bridgehead atoms. The van der Waals surface area contributed by atoms with Gasteiger partial charge in [0.2, 0.25) is 0 Å². The number of benzene rings is 1. The Hall–Kier alpha value is -3.02. The molecule has 1 aromatic carbocycles. The van der Waals surface area contributed by atoms with Crippen molar-refractivity contribution in [3.05, 3.63) is 66.6 Å². The number of likely N-dealkylation sites (tertiary alicyclic amines) is 1. The van der Waals surface area contributed by atoms with Gasteiger partial charge in [-0.1, -0.05) is 35.5 Å². The lowest BCUT2D eigenvalue weighted by molar-refractivity contribution is 0.0498. The third-order valence-corrected chi connectivity index (χ3v) is 4.01. The molecule has 3 aromatic rings. The van der Waals surface area contributed by atoms with Gasteiger partial charge in [-0.25, -0.2) is 4.68 Å². The van der Waals surface area contributed by atoms with E-state index in [9.17, 15) is 4.79 Å². The molecule has 1 aliphatic rings. The lowest BCUT2D eigenvalue weighted by Gasteiger charge is -2.38. The molecule has 6 heteroatoms. The minimum atomic E-state index is 0.0118. The summed E-state index contributed by atoms with van der Waals surface area (Å²) in [6.45, 7) is 1.29. The molecule has 0 radical (unpaired) electrons. The highest BCUT2D eigenvalue weighted by atomic mass is 16.2. The van der Waals surface area contributed by atoms with E-state index >= 15 is 0 Å². The van der Waals surface area contributed by atoms with E-state index in [0.717, 1.165) is 11.3 Å². The highest BCUT2D eigenvalue weighted by Gasteiger charge is 2.33. The SMILES string of the molecule is O=C(c1cccnc1)N1CC(n2cc(-c3ccccc3)nn2)C1. The summed E-state index contributed by atoms with van der Waals surface area (Å²) in [7, 11) is 0. The van der Waals surface area contributed by atoms with Crippen molar-refractivity contribution < 1.29 is 4.79 Å². The van der Waals surface area contributed by atoms with Gasteiger partial charge in [0.15, 0.2) is 0 Å². The molecule has 1 saturated heterocycles. The number of hydrogen-bond acceptors (Lipinski definition) is 4. The van der Waals surface area contributed by atoms with Crippen LogP contribution in [0.15, 0.2) is 61.1 Å². The van der Waals surface area contributed by atoms with E-state index in [1.165, 1.54) is 0 Å². The van der Waals surface area contributed by atoms with Crippen molar-refractivity contribution >= 4 is 5.91 Å². The van der Waals surface area contributed by atoms with Gasteiger partial charge in [0.05, 0.1) is 17.8 Å². The maximum atomic E-state index is 12.3. The predicted molar refractivity (Wildman–Crippen MR) is 84.6 cm³/mol. The quantitative estimate of drug-likeness (QED) is 0.743. The minimum absolute atomic E-state index is 0.0118. The Bertz CT molecular complexity index is 809. The zero-order valence-corrected chi connectivity index (χ0v) is 12.4. The van der Waals surface area contributed by atoms with Crippen molar-refractivity contribution in [2.75, 3.05) is 13.1 Å². The molecule has 114 valence electrons. The first-order chi connectivity index (χ1) is 11.3. The zero-order chi connectivity index (χ0) is 15.6. The summed E-state index contributed by atoms with van der Waals surface area (Å²) in [5.41, 5.74) is 2.51. The monoisotopic (exact) mass is 305 g/mol. The Kier molecular flexibility index (Phi) is 3.34. The number of hydrogen-bond donors (Lipinski definition) is 0. The lowest BCUT2D eigenvalue weighted by Crippen LogP contribution is -2.50. The number of nitrogens with zero attached hydrogens (tertiary/aromatic N) is 5. The van der Waals surface area contributed by atoms with Crippen LogP contribution in [0.2, 0.25) is 0 Å². The van der Waals surface area contributed by atoms with E-state index in [0.29, 0.717) is 18.7 Å². The number of aromatic nitrogens is 4. The summed E-state index contributed by atoms with van der Waals surface area (Å²) < 4.78 is 1.84. The van der Waals surface area contributed by atoms with Crippen molar-refractivity contribution in [1.82, 2.24) is 24.9 Å².